The fourth-order valence-corrected chi connectivity index (χ4v) is 0.919. The summed E-state index contributed by atoms with van der Waals surface area (Å²) in [6.45, 7) is 6.45. The lowest BCUT2D eigenvalue weighted by atomic mass is 10.0. The van der Waals surface area contributed by atoms with Crippen LogP contribution in [0.1, 0.15) is 33.6 Å². The first-order valence-corrected chi connectivity index (χ1v) is 4.62. The van der Waals surface area contributed by atoms with Gasteiger partial charge < -0.3 is 10.5 Å². The summed E-state index contributed by atoms with van der Waals surface area (Å²) >= 11 is 0. The van der Waals surface area contributed by atoms with Crippen LogP contribution in [0.5, 0.6) is 0 Å². The summed E-state index contributed by atoms with van der Waals surface area (Å²) in [6, 6.07) is 0. The van der Waals surface area contributed by atoms with E-state index >= 15 is 0 Å². The molecule has 0 aliphatic rings. The zero-order valence-corrected chi connectivity index (χ0v) is 8.50. The second kappa shape index (κ2) is 6.46. The number of aliphatic carboxylic acids is 1. The third-order valence-corrected chi connectivity index (χ3v) is 2.09. The minimum absolute atomic E-state index is 0.103. The highest BCUT2D eigenvalue weighted by Gasteiger charge is 2.03. The highest BCUT2D eigenvalue weighted by molar-refractivity contribution is 6.34. The van der Waals surface area contributed by atoms with E-state index in [1.807, 2.05) is 0 Å². The fraction of sp³-hybridized carbons (Fsp3) is 0.778. The summed E-state index contributed by atoms with van der Waals surface area (Å²) in [5.74, 6) is -0.401. The van der Waals surface area contributed by atoms with Gasteiger partial charge in [0, 0.05) is 6.54 Å². The van der Waals surface area contributed by atoms with Crippen LogP contribution in [0.4, 0.5) is 0 Å². The molecular weight excluding hydrogens is 168 g/mol. The first-order valence-electron chi connectivity index (χ1n) is 4.62. The first-order chi connectivity index (χ1) is 6.11. The lowest BCUT2D eigenvalue weighted by Gasteiger charge is -2.10. The molecular formula is C9H18N2O2. The van der Waals surface area contributed by atoms with E-state index in [0.29, 0.717) is 5.92 Å². The number of carboxylic acids is 1. The van der Waals surface area contributed by atoms with E-state index in [1.54, 1.807) is 0 Å². The molecule has 0 saturated carbocycles. The molecule has 0 saturated heterocycles. The molecule has 0 bridgehead atoms. The van der Waals surface area contributed by atoms with Gasteiger partial charge in [0.15, 0.2) is 0 Å². The van der Waals surface area contributed by atoms with Crippen LogP contribution in [0.25, 0.3) is 0 Å². The second-order valence-electron chi connectivity index (χ2n) is 3.05. The molecule has 0 atom stereocenters. The monoisotopic (exact) mass is 186 g/mol. The SMILES string of the molecule is CCC(CC)CNN=C(C)C(=O)O. The number of hydrogen-bond donors (Lipinski definition) is 2. The van der Waals surface area contributed by atoms with Crippen LogP contribution in [0.15, 0.2) is 5.10 Å². The van der Waals surface area contributed by atoms with Gasteiger partial charge in [0.2, 0.25) is 0 Å². The van der Waals surface area contributed by atoms with Crippen LogP contribution in [-0.2, 0) is 4.79 Å². The van der Waals surface area contributed by atoms with Gasteiger partial charge in [-0.25, -0.2) is 4.79 Å². The quantitative estimate of drug-likeness (QED) is 0.488. The number of carbonyl (C=O) groups is 1. The van der Waals surface area contributed by atoms with E-state index in [0.717, 1.165) is 19.4 Å². The molecule has 0 aromatic rings. The van der Waals surface area contributed by atoms with Gasteiger partial charge in [-0.2, -0.15) is 5.10 Å². The van der Waals surface area contributed by atoms with Crippen molar-refractivity contribution in [3.8, 4) is 0 Å². The third kappa shape index (κ3) is 5.22. The topological polar surface area (TPSA) is 61.7 Å². The third-order valence-electron chi connectivity index (χ3n) is 2.09. The Morgan fingerprint density at radius 3 is 2.38 bits per heavy atom. The van der Waals surface area contributed by atoms with Crippen LogP contribution >= 0.6 is 0 Å². The van der Waals surface area contributed by atoms with Gasteiger partial charge in [-0.1, -0.05) is 26.7 Å². The minimum Gasteiger partial charge on any atom is -0.477 e. The molecule has 0 unspecified atom stereocenters. The molecule has 2 N–H and O–H groups in total. The minimum atomic E-state index is -0.975. The molecule has 0 aliphatic carbocycles. The number of rotatable bonds is 6. The summed E-state index contributed by atoms with van der Waals surface area (Å²) in [5, 5.41) is 12.2. The van der Waals surface area contributed by atoms with Gasteiger partial charge in [0.25, 0.3) is 0 Å². The maximum absolute atomic E-state index is 10.3. The van der Waals surface area contributed by atoms with E-state index in [2.05, 4.69) is 24.4 Å². The molecule has 4 nitrogen and oxygen atoms in total. The summed E-state index contributed by atoms with van der Waals surface area (Å²) in [7, 11) is 0. The van der Waals surface area contributed by atoms with Crippen LogP contribution in [0.2, 0.25) is 0 Å². The lowest BCUT2D eigenvalue weighted by Crippen LogP contribution is -2.20. The molecule has 13 heavy (non-hydrogen) atoms. The molecule has 76 valence electrons. The summed E-state index contributed by atoms with van der Waals surface area (Å²) in [6.07, 6.45) is 2.18. The smallest absolute Gasteiger partial charge is 0.351 e. The van der Waals surface area contributed by atoms with Crippen molar-refractivity contribution >= 4 is 11.7 Å². The summed E-state index contributed by atoms with van der Waals surface area (Å²) in [4.78, 5) is 10.3. The van der Waals surface area contributed by atoms with Crippen molar-refractivity contribution in [3.63, 3.8) is 0 Å². The molecule has 0 amide bonds. The number of carboxylic acid groups (broad SMARTS) is 1. The van der Waals surface area contributed by atoms with E-state index < -0.39 is 5.97 Å². The van der Waals surface area contributed by atoms with Gasteiger partial charge in [0.05, 0.1) is 0 Å². The van der Waals surface area contributed by atoms with E-state index in [-0.39, 0.29) is 5.71 Å². The number of hydrazone groups is 1. The van der Waals surface area contributed by atoms with Crippen molar-refractivity contribution < 1.29 is 9.90 Å². The van der Waals surface area contributed by atoms with Crippen LogP contribution in [0, 0.1) is 5.92 Å². The average molecular weight is 186 g/mol. The Hall–Kier alpha value is -1.06. The maximum Gasteiger partial charge on any atom is 0.351 e. The van der Waals surface area contributed by atoms with Crippen molar-refractivity contribution in [2.45, 2.75) is 33.6 Å². The molecule has 0 aromatic carbocycles. The van der Waals surface area contributed by atoms with Crippen LogP contribution in [-0.4, -0.2) is 23.3 Å². The largest absolute Gasteiger partial charge is 0.477 e. The van der Waals surface area contributed by atoms with Gasteiger partial charge in [0.1, 0.15) is 5.71 Å². The predicted octanol–water partition coefficient (Wildman–Crippen LogP) is 1.47. The standard InChI is InChI=1S/C9H18N2O2/c1-4-8(5-2)6-10-11-7(3)9(12)13/h8,10H,4-6H2,1-3H3,(H,12,13). The second-order valence-corrected chi connectivity index (χ2v) is 3.05. The Morgan fingerprint density at radius 1 is 1.46 bits per heavy atom. The Morgan fingerprint density at radius 2 is 2.00 bits per heavy atom. The van der Waals surface area contributed by atoms with Crippen LogP contribution in [0.3, 0.4) is 0 Å². The zero-order chi connectivity index (χ0) is 10.3. The molecule has 4 heteroatoms. The van der Waals surface area contributed by atoms with E-state index in [1.165, 1.54) is 6.92 Å². The predicted molar refractivity (Wildman–Crippen MR) is 52.8 cm³/mol. The van der Waals surface area contributed by atoms with Crippen molar-refractivity contribution in [3.05, 3.63) is 0 Å². The van der Waals surface area contributed by atoms with Crippen molar-refractivity contribution in [2.24, 2.45) is 11.0 Å². The molecule has 0 aromatic heterocycles. The Labute approximate surface area is 79.0 Å². The lowest BCUT2D eigenvalue weighted by molar-refractivity contribution is -0.129. The highest BCUT2D eigenvalue weighted by atomic mass is 16.4. The molecule has 0 heterocycles. The van der Waals surface area contributed by atoms with E-state index in [9.17, 15) is 4.79 Å². The maximum atomic E-state index is 10.3. The number of nitrogens with zero attached hydrogens (tertiary/aromatic N) is 1. The highest BCUT2D eigenvalue weighted by Crippen LogP contribution is 2.04. The molecule has 0 aliphatic heterocycles. The van der Waals surface area contributed by atoms with Crippen molar-refractivity contribution in [1.29, 1.82) is 0 Å². The Kier molecular flexibility index (Phi) is 5.93. The summed E-state index contributed by atoms with van der Waals surface area (Å²) in [5.41, 5.74) is 2.88. The molecule has 0 rings (SSSR count). The molecule has 0 radical (unpaired) electrons. The van der Waals surface area contributed by atoms with Crippen LogP contribution < -0.4 is 5.43 Å². The van der Waals surface area contributed by atoms with Gasteiger partial charge in [-0.05, 0) is 12.8 Å². The van der Waals surface area contributed by atoms with Crippen molar-refractivity contribution in [1.82, 2.24) is 5.43 Å². The zero-order valence-electron chi connectivity index (χ0n) is 8.50. The molecule has 0 fully saturated rings. The molecule has 0 spiro atoms. The Bertz CT molecular complexity index is 186. The first kappa shape index (κ1) is 11.9. The number of nitrogens with one attached hydrogen (secondary N) is 1. The number of hydrogen-bond acceptors (Lipinski definition) is 3. The van der Waals surface area contributed by atoms with Gasteiger partial charge in [-0.15, -0.1) is 0 Å². The van der Waals surface area contributed by atoms with Gasteiger partial charge >= 0.3 is 5.97 Å². The van der Waals surface area contributed by atoms with Crippen molar-refractivity contribution in [2.75, 3.05) is 6.54 Å². The van der Waals surface area contributed by atoms with E-state index in [4.69, 9.17) is 5.11 Å². The van der Waals surface area contributed by atoms with Gasteiger partial charge in [-0.3, -0.25) is 0 Å². The summed E-state index contributed by atoms with van der Waals surface area (Å²) < 4.78 is 0. The Balaban J connectivity index is 3.76. The fourth-order valence-electron chi connectivity index (χ4n) is 0.919. The average Bonchev–Trinajstić information content (AvgIpc) is 2.12. The normalized spacial score (nSPS) is 11.8.